The summed E-state index contributed by atoms with van der Waals surface area (Å²) in [6, 6.07) is -0.319. The molecule has 1 aliphatic rings. The van der Waals surface area contributed by atoms with Crippen molar-refractivity contribution in [3.05, 3.63) is 12.2 Å². The smallest absolute Gasteiger partial charge is 0.320 e. The van der Waals surface area contributed by atoms with Crippen LogP contribution >= 0.6 is 0 Å². The van der Waals surface area contributed by atoms with E-state index in [2.05, 4.69) is 24.4 Å². The van der Waals surface area contributed by atoms with Crippen molar-refractivity contribution in [2.24, 2.45) is 5.92 Å². The van der Waals surface area contributed by atoms with Gasteiger partial charge in [-0.1, -0.05) is 19.1 Å². The van der Waals surface area contributed by atoms with Gasteiger partial charge < -0.3 is 10.4 Å². The number of rotatable bonds is 4. The lowest BCUT2D eigenvalue weighted by atomic mass is 10.0. The van der Waals surface area contributed by atoms with E-state index in [0.717, 1.165) is 25.8 Å². The summed E-state index contributed by atoms with van der Waals surface area (Å²) >= 11 is 0. The molecule has 1 heterocycles. The molecule has 2 unspecified atom stereocenters. The van der Waals surface area contributed by atoms with E-state index in [4.69, 9.17) is 5.11 Å². The molecular weight excluding hydrogens is 166 g/mol. The second-order valence-electron chi connectivity index (χ2n) is 3.52. The number of hydrogen-bond acceptors (Lipinski definition) is 2. The molecule has 0 saturated carbocycles. The number of nitrogens with one attached hydrogen (secondary N) is 1. The van der Waals surface area contributed by atoms with Crippen LogP contribution in [0.5, 0.6) is 0 Å². The number of carboxylic acids is 1. The molecule has 1 aliphatic heterocycles. The predicted molar refractivity (Wildman–Crippen MR) is 51.6 cm³/mol. The summed E-state index contributed by atoms with van der Waals surface area (Å²) < 4.78 is 0. The zero-order chi connectivity index (χ0) is 9.68. The first-order chi connectivity index (χ1) is 6.24. The molecular formula is C10H17NO2. The van der Waals surface area contributed by atoms with Gasteiger partial charge in [-0.2, -0.15) is 0 Å². The maximum Gasteiger partial charge on any atom is 0.320 e. The highest BCUT2D eigenvalue weighted by molar-refractivity contribution is 5.73. The molecule has 0 aromatic rings. The van der Waals surface area contributed by atoms with Crippen LogP contribution in [-0.2, 0) is 4.79 Å². The molecule has 1 fully saturated rings. The second-order valence-corrected chi connectivity index (χ2v) is 3.52. The van der Waals surface area contributed by atoms with Crippen molar-refractivity contribution in [3.8, 4) is 0 Å². The summed E-state index contributed by atoms with van der Waals surface area (Å²) in [5.74, 6) is -0.217. The summed E-state index contributed by atoms with van der Waals surface area (Å²) in [5, 5.41) is 11.7. The Morgan fingerprint density at radius 3 is 2.92 bits per heavy atom. The summed E-state index contributed by atoms with van der Waals surface area (Å²) in [5.41, 5.74) is 0. The van der Waals surface area contributed by atoms with Gasteiger partial charge in [0.05, 0.1) is 0 Å². The molecule has 0 bridgehead atoms. The standard InChI is InChI=1S/C10H17NO2/c1-2-3-4-5-8-6-9(10(12)13)11-7-8/h3-4,8-9,11H,2,5-7H2,1H3,(H,12,13). The number of carboxylic acid groups (broad SMARTS) is 1. The number of carbonyl (C=O) groups is 1. The molecule has 0 amide bonds. The van der Waals surface area contributed by atoms with E-state index < -0.39 is 5.97 Å². The van der Waals surface area contributed by atoms with Crippen LogP contribution in [0.15, 0.2) is 12.2 Å². The van der Waals surface area contributed by atoms with E-state index in [1.807, 2.05) is 0 Å². The van der Waals surface area contributed by atoms with Gasteiger partial charge in [-0.25, -0.2) is 0 Å². The first-order valence-corrected chi connectivity index (χ1v) is 4.85. The quantitative estimate of drug-likeness (QED) is 0.648. The minimum absolute atomic E-state index is 0.319. The van der Waals surface area contributed by atoms with Crippen molar-refractivity contribution in [3.63, 3.8) is 0 Å². The summed E-state index contributed by atoms with van der Waals surface area (Å²) in [6.45, 7) is 2.94. The van der Waals surface area contributed by atoms with Gasteiger partial charge >= 0.3 is 5.97 Å². The molecule has 1 saturated heterocycles. The van der Waals surface area contributed by atoms with Crippen molar-refractivity contribution in [2.75, 3.05) is 6.54 Å². The fourth-order valence-electron chi connectivity index (χ4n) is 1.63. The third-order valence-electron chi connectivity index (χ3n) is 2.39. The molecule has 0 aromatic heterocycles. The lowest BCUT2D eigenvalue weighted by Crippen LogP contribution is -2.29. The van der Waals surface area contributed by atoms with Crippen LogP contribution in [0.2, 0.25) is 0 Å². The minimum Gasteiger partial charge on any atom is -0.480 e. The Bertz CT molecular complexity index is 201. The fourth-order valence-corrected chi connectivity index (χ4v) is 1.63. The first-order valence-electron chi connectivity index (χ1n) is 4.85. The van der Waals surface area contributed by atoms with E-state index in [0.29, 0.717) is 5.92 Å². The van der Waals surface area contributed by atoms with E-state index in [1.165, 1.54) is 0 Å². The van der Waals surface area contributed by atoms with Crippen LogP contribution in [-0.4, -0.2) is 23.7 Å². The Morgan fingerprint density at radius 2 is 2.38 bits per heavy atom. The van der Waals surface area contributed by atoms with Crippen LogP contribution < -0.4 is 5.32 Å². The third-order valence-corrected chi connectivity index (χ3v) is 2.39. The molecule has 2 N–H and O–H groups in total. The number of allylic oxidation sites excluding steroid dienone is 2. The molecule has 74 valence electrons. The van der Waals surface area contributed by atoms with Gasteiger partial charge in [-0.05, 0) is 31.7 Å². The van der Waals surface area contributed by atoms with Gasteiger partial charge in [-0.3, -0.25) is 4.79 Å². The lowest BCUT2D eigenvalue weighted by Gasteiger charge is -2.03. The molecule has 3 nitrogen and oxygen atoms in total. The number of hydrogen-bond donors (Lipinski definition) is 2. The van der Waals surface area contributed by atoms with Gasteiger partial charge in [0.1, 0.15) is 6.04 Å². The van der Waals surface area contributed by atoms with Crippen molar-refractivity contribution < 1.29 is 9.90 Å². The Balaban J connectivity index is 2.25. The van der Waals surface area contributed by atoms with Gasteiger partial charge in [0, 0.05) is 0 Å². The van der Waals surface area contributed by atoms with E-state index in [1.54, 1.807) is 0 Å². The van der Waals surface area contributed by atoms with Gasteiger partial charge in [0.2, 0.25) is 0 Å². The Kier molecular flexibility index (Phi) is 3.96. The van der Waals surface area contributed by atoms with Crippen LogP contribution in [0.1, 0.15) is 26.2 Å². The average molecular weight is 183 g/mol. The van der Waals surface area contributed by atoms with E-state index in [-0.39, 0.29) is 6.04 Å². The summed E-state index contributed by atoms with van der Waals surface area (Å²) in [7, 11) is 0. The van der Waals surface area contributed by atoms with Gasteiger partial charge in [0.15, 0.2) is 0 Å². The van der Waals surface area contributed by atoms with Gasteiger partial charge in [0.25, 0.3) is 0 Å². The second kappa shape index (κ2) is 5.02. The normalized spacial score (nSPS) is 28.4. The minimum atomic E-state index is -0.720. The molecule has 13 heavy (non-hydrogen) atoms. The van der Waals surface area contributed by atoms with Crippen molar-refractivity contribution in [1.82, 2.24) is 5.32 Å². The van der Waals surface area contributed by atoms with E-state index >= 15 is 0 Å². The highest BCUT2D eigenvalue weighted by Crippen LogP contribution is 2.18. The zero-order valence-electron chi connectivity index (χ0n) is 7.99. The van der Waals surface area contributed by atoms with Crippen LogP contribution in [0.3, 0.4) is 0 Å². The highest BCUT2D eigenvalue weighted by atomic mass is 16.4. The molecule has 0 aliphatic carbocycles. The Hall–Kier alpha value is -0.830. The Labute approximate surface area is 78.8 Å². The highest BCUT2D eigenvalue weighted by Gasteiger charge is 2.27. The molecule has 1 rings (SSSR count). The SMILES string of the molecule is CCC=CCC1CNC(C(=O)O)C1. The fraction of sp³-hybridized carbons (Fsp3) is 0.700. The molecule has 0 aromatic carbocycles. The van der Waals surface area contributed by atoms with Crippen LogP contribution in [0, 0.1) is 5.92 Å². The molecule has 2 atom stereocenters. The van der Waals surface area contributed by atoms with E-state index in [9.17, 15) is 4.79 Å². The lowest BCUT2D eigenvalue weighted by molar-refractivity contribution is -0.139. The van der Waals surface area contributed by atoms with Crippen molar-refractivity contribution in [1.29, 1.82) is 0 Å². The monoisotopic (exact) mass is 183 g/mol. The number of aliphatic carboxylic acids is 1. The maximum atomic E-state index is 10.6. The topological polar surface area (TPSA) is 49.3 Å². The summed E-state index contributed by atoms with van der Waals surface area (Å²) in [4.78, 5) is 10.6. The predicted octanol–water partition coefficient (Wildman–Crippen LogP) is 1.41. The molecule has 3 heteroatoms. The molecule has 0 spiro atoms. The van der Waals surface area contributed by atoms with Crippen LogP contribution in [0.25, 0.3) is 0 Å². The zero-order valence-corrected chi connectivity index (χ0v) is 7.99. The molecule has 0 radical (unpaired) electrons. The largest absolute Gasteiger partial charge is 0.480 e. The summed E-state index contributed by atoms with van der Waals surface area (Å²) in [6.07, 6.45) is 7.11. The van der Waals surface area contributed by atoms with Crippen LogP contribution in [0.4, 0.5) is 0 Å². The van der Waals surface area contributed by atoms with Crippen molar-refractivity contribution in [2.45, 2.75) is 32.2 Å². The average Bonchev–Trinajstić information content (AvgIpc) is 2.53. The third kappa shape index (κ3) is 3.19. The van der Waals surface area contributed by atoms with Gasteiger partial charge in [-0.15, -0.1) is 0 Å². The van der Waals surface area contributed by atoms with Crippen molar-refractivity contribution >= 4 is 5.97 Å². The maximum absolute atomic E-state index is 10.6. The Morgan fingerprint density at radius 1 is 1.62 bits per heavy atom. The first kappa shape index (κ1) is 10.3.